The van der Waals surface area contributed by atoms with Crippen LogP contribution in [0.2, 0.25) is 0 Å². The standard InChI is InChI=1S/C24H22F3N3O3/c1-3-16-8-4-7-15(2)21(16)30-20(31)14-33-23(32)19-11-6-12-28-22(19)29-18-10-5-9-17(13-18)24(25,26)27/h4-13H,3,14H2,1-2H3,(H,28,29)(H,30,31). The quantitative estimate of drug-likeness (QED) is 0.458. The van der Waals surface area contributed by atoms with Crippen LogP contribution in [0.15, 0.2) is 60.8 Å². The molecule has 33 heavy (non-hydrogen) atoms. The Morgan fingerprint density at radius 1 is 1.06 bits per heavy atom. The zero-order chi connectivity index (χ0) is 24.0. The zero-order valence-electron chi connectivity index (χ0n) is 18.0. The Bertz CT molecular complexity index is 1160. The van der Waals surface area contributed by atoms with Crippen molar-refractivity contribution in [3.05, 3.63) is 83.0 Å². The molecule has 3 aromatic rings. The van der Waals surface area contributed by atoms with Gasteiger partial charge in [-0.25, -0.2) is 9.78 Å². The molecule has 0 atom stereocenters. The molecule has 0 saturated carbocycles. The molecule has 0 aliphatic rings. The SMILES string of the molecule is CCc1cccc(C)c1NC(=O)COC(=O)c1cccnc1Nc1cccc(C(F)(F)F)c1. The number of halogens is 3. The fraction of sp³-hybridized carbons (Fsp3) is 0.208. The first-order valence-corrected chi connectivity index (χ1v) is 10.1. The van der Waals surface area contributed by atoms with E-state index in [1.807, 2.05) is 32.0 Å². The van der Waals surface area contributed by atoms with Gasteiger partial charge in [-0.15, -0.1) is 0 Å². The van der Waals surface area contributed by atoms with Gasteiger partial charge in [-0.05, 0) is 54.8 Å². The zero-order valence-corrected chi connectivity index (χ0v) is 18.0. The Hall–Kier alpha value is -3.88. The lowest BCUT2D eigenvalue weighted by Crippen LogP contribution is -2.22. The molecule has 2 N–H and O–H groups in total. The van der Waals surface area contributed by atoms with Crippen LogP contribution in [0, 0.1) is 6.92 Å². The van der Waals surface area contributed by atoms with Crippen molar-refractivity contribution in [1.29, 1.82) is 0 Å². The summed E-state index contributed by atoms with van der Waals surface area (Å²) in [5, 5.41) is 5.46. The Morgan fingerprint density at radius 3 is 2.55 bits per heavy atom. The van der Waals surface area contributed by atoms with Crippen molar-refractivity contribution in [1.82, 2.24) is 4.98 Å². The first-order valence-electron chi connectivity index (χ1n) is 10.1. The molecule has 9 heteroatoms. The molecule has 0 spiro atoms. The topological polar surface area (TPSA) is 80.3 Å². The number of nitrogens with zero attached hydrogens (tertiary/aromatic N) is 1. The number of carbonyl (C=O) groups excluding carboxylic acids is 2. The minimum Gasteiger partial charge on any atom is -0.452 e. The van der Waals surface area contributed by atoms with E-state index in [2.05, 4.69) is 15.6 Å². The number of anilines is 3. The smallest absolute Gasteiger partial charge is 0.416 e. The number of ether oxygens (including phenoxy) is 1. The van der Waals surface area contributed by atoms with E-state index in [0.29, 0.717) is 5.69 Å². The molecule has 3 rings (SSSR count). The molecule has 0 bridgehead atoms. The molecule has 1 amide bonds. The fourth-order valence-electron chi connectivity index (χ4n) is 3.17. The lowest BCUT2D eigenvalue weighted by atomic mass is 10.1. The monoisotopic (exact) mass is 457 g/mol. The van der Waals surface area contributed by atoms with Gasteiger partial charge in [0, 0.05) is 17.6 Å². The lowest BCUT2D eigenvalue weighted by molar-refractivity contribution is -0.137. The number of amides is 1. The number of hydrogen-bond acceptors (Lipinski definition) is 5. The number of aromatic nitrogens is 1. The van der Waals surface area contributed by atoms with E-state index in [4.69, 9.17) is 4.74 Å². The van der Waals surface area contributed by atoms with E-state index in [1.54, 1.807) is 0 Å². The van der Waals surface area contributed by atoms with E-state index in [1.165, 1.54) is 30.5 Å². The molecule has 0 saturated heterocycles. The maximum absolute atomic E-state index is 13.0. The fourth-order valence-corrected chi connectivity index (χ4v) is 3.17. The Labute approximate surface area is 188 Å². The number of para-hydroxylation sites is 1. The maximum atomic E-state index is 13.0. The van der Waals surface area contributed by atoms with E-state index in [0.717, 1.165) is 29.7 Å². The van der Waals surface area contributed by atoms with Crippen molar-refractivity contribution in [2.45, 2.75) is 26.4 Å². The summed E-state index contributed by atoms with van der Waals surface area (Å²) in [6.45, 7) is 3.29. The normalized spacial score (nSPS) is 11.1. The van der Waals surface area contributed by atoms with Gasteiger partial charge in [-0.2, -0.15) is 13.2 Å². The number of benzene rings is 2. The Kier molecular flexibility index (Phi) is 7.32. The first kappa shape index (κ1) is 23.8. The highest BCUT2D eigenvalue weighted by molar-refractivity contribution is 5.98. The number of aryl methyl sites for hydroxylation is 2. The molecular weight excluding hydrogens is 435 g/mol. The van der Waals surface area contributed by atoms with Gasteiger partial charge in [-0.3, -0.25) is 4.79 Å². The third-order valence-electron chi connectivity index (χ3n) is 4.82. The molecule has 6 nitrogen and oxygen atoms in total. The summed E-state index contributed by atoms with van der Waals surface area (Å²) < 4.78 is 44.0. The predicted molar refractivity (Wildman–Crippen MR) is 118 cm³/mol. The van der Waals surface area contributed by atoms with Crippen LogP contribution in [0.1, 0.15) is 34.0 Å². The second kappa shape index (κ2) is 10.2. The first-order chi connectivity index (χ1) is 15.7. The number of carbonyl (C=O) groups is 2. The van der Waals surface area contributed by atoms with Gasteiger partial charge in [-0.1, -0.05) is 31.2 Å². The van der Waals surface area contributed by atoms with Crippen molar-refractivity contribution in [2.24, 2.45) is 0 Å². The van der Waals surface area contributed by atoms with Crippen LogP contribution in [0.25, 0.3) is 0 Å². The summed E-state index contributed by atoms with van der Waals surface area (Å²) in [6, 6.07) is 13.0. The molecule has 1 aromatic heterocycles. The molecule has 172 valence electrons. The molecular formula is C24H22F3N3O3. The highest BCUT2D eigenvalue weighted by Crippen LogP contribution is 2.31. The van der Waals surface area contributed by atoms with Crippen LogP contribution in [0.5, 0.6) is 0 Å². The second-order valence-corrected chi connectivity index (χ2v) is 7.19. The third kappa shape index (κ3) is 6.09. The Morgan fingerprint density at radius 2 is 1.82 bits per heavy atom. The van der Waals surface area contributed by atoms with E-state index < -0.39 is 30.2 Å². The van der Waals surface area contributed by atoms with Crippen molar-refractivity contribution in [2.75, 3.05) is 17.2 Å². The number of alkyl halides is 3. The average Bonchev–Trinajstić information content (AvgIpc) is 2.79. The molecule has 0 aliphatic heterocycles. The second-order valence-electron chi connectivity index (χ2n) is 7.19. The van der Waals surface area contributed by atoms with E-state index in [-0.39, 0.29) is 17.1 Å². The highest BCUT2D eigenvalue weighted by Gasteiger charge is 2.30. The molecule has 1 heterocycles. The third-order valence-corrected chi connectivity index (χ3v) is 4.82. The van der Waals surface area contributed by atoms with Crippen molar-refractivity contribution in [3.63, 3.8) is 0 Å². The van der Waals surface area contributed by atoms with Crippen LogP contribution in [0.4, 0.5) is 30.4 Å². The molecule has 0 radical (unpaired) electrons. The van der Waals surface area contributed by atoms with Crippen LogP contribution in [-0.4, -0.2) is 23.5 Å². The van der Waals surface area contributed by atoms with Crippen LogP contribution in [-0.2, 0) is 22.1 Å². The molecule has 0 unspecified atom stereocenters. The van der Waals surface area contributed by atoms with Crippen LogP contribution in [0.3, 0.4) is 0 Å². The molecule has 0 aliphatic carbocycles. The number of hydrogen-bond donors (Lipinski definition) is 2. The number of esters is 1. The highest BCUT2D eigenvalue weighted by atomic mass is 19.4. The maximum Gasteiger partial charge on any atom is 0.416 e. The van der Waals surface area contributed by atoms with Gasteiger partial charge >= 0.3 is 12.1 Å². The van der Waals surface area contributed by atoms with Gasteiger partial charge in [0.2, 0.25) is 0 Å². The summed E-state index contributed by atoms with van der Waals surface area (Å²) in [6.07, 6.45) is -2.41. The average molecular weight is 457 g/mol. The summed E-state index contributed by atoms with van der Waals surface area (Å²) in [4.78, 5) is 28.9. The largest absolute Gasteiger partial charge is 0.452 e. The van der Waals surface area contributed by atoms with Crippen LogP contribution >= 0.6 is 0 Å². The van der Waals surface area contributed by atoms with Crippen molar-refractivity contribution < 1.29 is 27.5 Å². The molecule has 0 fully saturated rings. The van der Waals surface area contributed by atoms with Gasteiger partial charge in [0.15, 0.2) is 6.61 Å². The molecule has 2 aromatic carbocycles. The lowest BCUT2D eigenvalue weighted by Gasteiger charge is -2.14. The minimum atomic E-state index is -4.51. The van der Waals surface area contributed by atoms with Crippen molar-refractivity contribution in [3.8, 4) is 0 Å². The number of pyridine rings is 1. The van der Waals surface area contributed by atoms with Crippen LogP contribution < -0.4 is 10.6 Å². The van der Waals surface area contributed by atoms with Gasteiger partial charge in [0.25, 0.3) is 5.91 Å². The summed E-state index contributed by atoms with van der Waals surface area (Å²) >= 11 is 0. The predicted octanol–water partition coefficient (Wildman–Crippen LogP) is 5.51. The Balaban J connectivity index is 1.69. The van der Waals surface area contributed by atoms with Gasteiger partial charge in [0.05, 0.1) is 5.56 Å². The van der Waals surface area contributed by atoms with E-state index >= 15 is 0 Å². The summed E-state index contributed by atoms with van der Waals surface area (Å²) in [7, 11) is 0. The number of rotatable bonds is 7. The van der Waals surface area contributed by atoms with E-state index in [9.17, 15) is 22.8 Å². The number of nitrogens with one attached hydrogen (secondary N) is 2. The van der Waals surface area contributed by atoms with Gasteiger partial charge < -0.3 is 15.4 Å². The minimum absolute atomic E-state index is 0.00871. The van der Waals surface area contributed by atoms with Gasteiger partial charge in [0.1, 0.15) is 11.4 Å². The summed E-state index contributed by atoms with van der Waals surface area (Å²) in [5.74, 6) is -1.34. The van der Waals surface area contributed by atoms with Crippen molar-refractivity contribution >= 4 is 29.1 Å². The summed E-state index contributed by atoms with van der Waals surface area (Å²) in [5.41, 5.74) is 1.75.